The Hall–Kier alpha value is -1.60. The van der Waals surface area contributed by atoms with Crippen molar-refractivity contribution in [1.29, 1.82) is 0 Å². The summed E-state index contributed by atoms with van der Waals surface area (Å²) < 4.78 is 26.2. The fraction of sp³-hybridized carbons (Fsp3) is 0.562. The van der Waals surface area contributed by atoms with Crippen molar-refractivity contribution in [3.05, 3.63) is 24.3 Å². The SMILES string of the molecule is CN(C1CC1)S(=O)(=O)c1ccc(NC(=O)NC2CCCC2)cc1. The molecule has 1 aromatic carbocycles. The van der Waals surface area contributed by atoms with Crippen molar-refractivity contribution < 1.29 is 13.2 Å². The highest BCUT2D eigenvalue weighted by Crippen LogP contribution is 2.30. The number of carbonyl (C=O) groups is 1. The van der Waals surface area contributed by atoms with E-state index in [1.807, 2.05) is 0 Å². The number of amides is 2. The topological polar surface area (TPSA) is 78.5 Å². The number of nitrogens with one attached hydrogen (secondary N) is 2. The highest BCUT2D eigenvalue weighted by atomic mass is 32.2. The number of urea groups is 1. The number of hydrogen-bond acceptors (Lipinski definition) is 3. The normalized spacial score (nSPS) is 19.0. The zero-order valence-corrected chi connectivity index (χ0v) is 14.1. The van der Waals surface area contributed by atoms with Gasteiger partial charge < -0.3 is 10.6 Å². The minimum absolute atomic E-state index is 0.134. The molecule has 0 heterocycles. The second kappa shape index (κ2) is 6.49. The number of hydrogen-bond donors (Lipinski definition) is 2. The average Bonchev–Trinajstić information content (AvgIpc) is 3.25. The molecule has 2 aliphatic carbocycles. The third kappa shape index (κ3) is 3.84. The lowest BCUT2D eigenvalue weighted by Gasteiger charge is -2.17. The maximum absolute atomic E-state index is 12.4. The van der Waals surface area contributed by atoms with Crippen LogP contribution in [0.5, 0.6) is 0 Å². The van der Waals surface area contributed by atoms with Crippen LogP contribution in [0.25, 0.3) is 0 Å². The molecule has 1 aromatic rings. The third-order valence-electron chi connectivity index (χ3n) is 4.54. The molecule has 6 nitrogen and oxygen atoms in total. The molecule has 0 aromatic heterocycles. The number of sulfonamides is 1. The Morgan fingerprint density at radius 3 is 2.26 bits per heavy atom. The molecular formula is C16H23N3O3S. The first-order chi connectivity index (χ1) is 11.0. The smallest absolute Gasteiger partial charge is 0.319 e. The van der Waals surface area contributed by atoms with Gasteiger partial charge in [-0.3, -0.25) is 0 Å². The van der Waals surface area contributed by atoms with Gasteiger partial charge in [0.15, 0.2) is 0 Å². The van der Waals surface area contributed by atoms with E-state index >= 15 is 0 Å². The van der Waals surface area contributed by atoms with Crippen LogP contribution in [-0.4, -0.2) is 37.9 Å². The van der Waals surface area contributed by atoms with Gasteiger partial charge in [-0.05, 0) is 49.9 Å². The number of nitrogens with zero attached hydrogens (tertiary/aromatic N) is 1. The van der Waals surface area contributed by atoms with Crippen molar-refractivity contribution in [3.8, 4) is 0 Å². The molecule has 0 aliphatic heterocycles. The molecule has 0 spiro atoms. The lowest BCUT2D eigenvalue weighted by molar-refractivity contribution is 0.248. The average molecular weight is 337 g/mol. The summed E-state index contributed by atoms with van der Waals surface area (Å²) in [5.74, 6) is 0. The monoisotopic (exact) mass is 337 g/mol. The van der Waals surface area contributed by atoms with Gasteiger partial charge in [0.2, 0.25) is 10.0 Å². The molecular weight excluding hydrogens is 314 g/mol. The predicted molar refractivity (Wildman–Crippen MR) is 88.8 cm³/mol. The van der Waals surface area contributed by atoms with Gasteiger partial charge in [0.25, 0.3) is 0 Å². The van der Waals surface area contributed by atoms with Gasteiger partial charge in [-0.15, -0.1) is 0 Å². The van der Waals surface area contributed by atoms with Gasteiger partial charge in [-0.1, -0.05) is 12.8 Å². The molecule has 2 saturated carbocycles. The highest BCUT2D eigenvalue weighted by molar-refractivity contribution is 7.89. The quantitative estimate of drug-likeness (QED) is 0.866. The van der Waals surface area contributed by atoms with Gasteiger partial charge in [0.05, 0.1) is 4.90 Å². The second-order valence-electron chi connectivity index (χ2n) is 6.36. The van der Waals surface area contributed by atoms with Crippen molar-refractivity contribution in [2.45, 2.75) is 55.5 Å². The first kappa shape index (κ1) is 16.3. The van der Waals surface area contributed by atoms with Crippen LogP contribution in [-0.2, 0) is 10.0 Å². The molecule has 2 N–H and O–H groups in total. The minimum atomic E-state index is -3.43. The van der Waals surface area contributed by atoms with Gasteiger partial charge in [-0.2, -0.15) is 4.31 Å². The zero-order chi connectivity index (χ0) is 16.4. The van der Waals surface area contributed by atoms with E-state index in [4.69, 9.17) is 0 Å². The summed E-state index contributed by atoms with van der Waals surface area (Å²) in [6.07, 6.45) is 6.22. The molecule has 0 atom stereocenters. The fourth-order valence-electron chi connectivity index (χ4n) is 2.93. The van der Waals surface area contributed by atoms with Crippen LogP contribution >= 0.6 is 0 Å². The van der Waals surface area contributed by atoms with Crippen LogP contribution in [0.1, 0.15) is 38.5 Å². The van der Waals surface area contributed by atoms with Crippen LogP contribution in [0.3, 0.4) is 0 Å². The third-order valence-corrected chi connectivity index (χ3v) is 6.46. The number of carbonyl (C=O) groups excluding carboxylic acids is 1. The molecule has 3 rings (SSSR count). The summed E-state index contributed by atoms with van der Waals surface area (Å²) in [6, 6.07) is 6.49. The standard InChI is InChI=1S/C16H23N3O3S/c1-19(14-8-9-14)23(21,22)15-10-6-13(7-11-15)18-16(20)17-12-4-2-3-5-12/h6-7,10-12,14H,2-5,8-9H2,1H3,(H2,17,18,20). The number of anilines is 1. The summed E-state index contributed by atoms with van der Waals surface area (Å²) in [4.78, 5) is 12.2. The highest BCUT2D eigenvalue weighted by Gasteiger charge is 2.34. The Labute approximate surface area is 137 Å². The molecule has 0 saturated heterocycles. The summed E-state index contributed by atoms with van der Waals surface area (Å²) in [5.41, 5.74) is 0.591. The van der Waals surface area contributed by atoms with Crippen LogP contribution in [0.2, 0.25) is 0 Å². The van der Waals surface area contributed by atoms with Crippen molar-refractivity contribution >= 4 is 21.7 Å². The predicted octanol–water partition coefficient (Wildman–Crippen LogP) is 2.53. The summed E-state index contributed by atoms with van der Waals surface area (Å²) in [5, 5.41) is 5.69. The van der Waals surface area contributed by atoms with E-state index in [9.17, 15) is 13.2 Å². The Balaban J connectivity index is 1.61. The van der Waals surface area contributed by atoms with Gasteiger partial charge in [-0.25, -0.2) is 13.2 Å². The van der Waals surface area contributed by atoms with E-state index < -0.39 is 10.0 Å². The van der Waals surface area contributed by atoms with Crippen LogP contribution < -0.4 is 10.6 Å². The van der Waals surface area contributed by atoms with Gasteiger partial charge in [0, 0.05) is 24.8 Å². The van der Waals surface area contributed by atoms with Crippen molar-refractivity contribution in [1.82, 2.24) is 9.62 Å². The lowest BCUT2D eigenvalue weighted by Crippen LogP contribution is -2.36. The van der Waals surface area contributed by atoms with E-state index in [1.165, 1.54) is 4.31 Å². The Morgan fingerprint density at radius 1 is 1.09 bits per heavy atom. The molecule has 7 heteroatoms. The van der Waals surface area contributed by atoms with Gasteiger partial charge >= 0.3 is 6.03 Å². The van der Waals surface area contributed by atoms with E-state index in [-0.39, 0.29) is 23.0 Å². The first-order valence-corrected chi connectivity index (χ1v) is 9.56. The van der Waals surface area contributed by atoms with E-state index in [2.05, 4.69) is 10.6 Å². The zero-order valence-electron chi connectivity index (χ0n) is 13.3. The van der Waals surface area contributed by atoms with Crippen LogP contribution in [0.15, 0.2) is 29.2 Å². The largest absolute Gasteiger partial charge is 0.335 e. The summed E-state index contributed by atoms with van der Waals surface area (Å²) in [7, 11) is -1.82. The number of benzene rings is 1. The molecule has 2 aliphatic rings. The Kier molecular flexibility index (Phi) is 4.59. The van der Waals surface area contributed by atoms with E-state index in [0.717, 1.165) is 38.5 Å². The molecule has 2 amide bonds. The van der Waals surface area contributed by atoms with Crippen molar-refractivity contribution in [2.24, 2.45) is 0 Å². The molecule has 2 fully saturated rings. The minimum Gasteiger partial charge on any atom is -0.335 e. The summed E-state index contributed by atoms with van der Waals surface area (Å²) >= 11 is 0. The first-order valence-electron chi connectivity index (χ1n) is 8.12. The van der Waals surface area contributed by atoms with Crippen molar-refractivity contribution in [2.75, 3.05) is 12.4 Å². The Morgan fingerprint density at radius 2 is 1.70 bits per heavy atom. The van der Waals surface area contributed by atoms with Gasteiger partial charge in [0.1, 0.15) is 0 Å². The van der Waals surface area contributed by atoms with Crippen LogP contribution in [0, 0.1) is 0 Å². The molecule has 0 unspecified atom stereocenters. The number of rotatable bonds is 5. The molecule has 126 valence electrons. The fourth-order valence-corrected chi connectivity index (χ4v) is 4.35. The second-order valence-corrected chi connectivity index (χ2v) is 8.35. The van der Waals surface area contributed by atoms with Crippen LogP contribution in [0.4, 0.5) is 10.5 Å². The lowest BCUT2D eigenvalue weighted by atomic mass is 10.2. The molecule has 23 heavy (non-hydrogen) atoms. The van der Waals surface area contributed by atoms with Crippen molar-refractivity contribution in [3.63, 3.8) is 0 Å². The van der Waals surface area contributed by atoms with E-state index in [0.29, 0.717) is 5.69 Å². The van der Waals surface area contributed by atoms with E-state index in [1.54, 1.807) is 31.3 Å². The molecule has 0 radical (unpaired) electrons. The molecule has 0 bridgehead atoms. The maximum Gasteiger partial charge on any atom is 0.319 e. The Bertz CT molecular complexity index is 662. The maximum atomic E-state index is 12.4. The summed E-state index contributed by atoms with van der Waals surface area (Å²) in [6.45, 7) is 0.